The molecule has 0 unspecified atom stereocenters. The first-order valence-electron chi connectivity index (χ1n) is 9.37. The Morgan fingerprint density at radius 2 is 1.87 bits per heavy atom. The Hall–Kier alpha value is -4.20. The highest BCUT2D eigenvalue weighted by Crippen LogP contribution is 2.31. The fraction of sp³-hybridized carbons (Fsp3) is 0.0870. The highest BCUT2D eigenvalue weighted by atomic mass is 19.1. The molecule has 0 aliphatic heterocycles. The van der Waals surface area contributed by atoms with Gasteiger partial charge in [0.05, 0.1) is 12.7 Å². The number of ether oxygens (including phenoxy) is 2. The van der Waals surface area contributed by atoms with Crippen molar-refractivity contribution < 1.29 is 23.2 Å². The average Bonchev–Trinajstić information content (AvgIpc) is 3.29. The molecule has 7 nitrogen and oxygen atoms in total. The van der Waals surface area contributed by atoms with Gasteiger partial charge in [-0.3, -0.25) is 9.78 Å². The van der Waals surface area contributed by atoms with E-state index in [1.54, 1.807) is 48.8 Å². The van der Waals surface area contributed by atoms with E-state index in [9.17, 15) is 9.18 Å². The summed E-state index contributed by atoms with van der Waals surface area (Å²) in [4.78, 5) is 16.6. The monoisotopic (exact) mass is 419 g/mol. The number of carbonyl (C=O) groups excluding carboxylic acids is 1. The summed E-state index contributed by atoms with van der Waals surface area (Å²) >= 11 is 0. The summed E-state index contributed by atoms with van der Waals surface area (Å²) in [6.45, 7) is 0.311. The number of benzene rings is 2. The Kier molecular flexibility index (Phi) is 5.89. The van der Waals surface area contributed by atoms with Crippen LogP contribution in [0.5, 0.6) is 11.5 Å². The molecule has 8 heteroatoms. The number of amides is 1. The lowest BCUT2D eigenvalue weighted by Crippen LogP contribution is -2.12. The van der Waals surface area contributed by atoms with Gasteiger partial charge < -0.3 is 19.3 Å². The van der Waals surface area contributed by atoms with Crippen LogP contribution in [0.2, 0.25) is 0 Å². The Labute approximate surface area is 177 Å². The number of rotatable bonds is 7. The van der Waals surface area contributed by atoms with Crippen molar-refractivity contribution in [3.8, 4) is 22.8 Å². The number of pyridine rings is 1. The number of methoxy groups -OCH3 is 1. The summed E-state index contributed by atoms with van der Waals surface area (Å²) in [7, 11) is 1.53. The molecule has 31 heavy (non-hydrogen) atoms. The van der Waals surface area contributed by atoms with Crippen LogP contribution in [-0.2, 0) is 6.61 Å². The molecule has 0 saturated carbocycles. The number of hydrogen-bond donors (Lipinski definition) is 1. The third-order valence-corrected chi connectivity index (χ3v) is 4.45. The molecular weight excluding hydrogens is 401 g/mol. The van der Waals surface area contributed by atoms with Gasteiger partial charge in [-0.05, 0) is 42.0 Å². The average molecular weight is 419 g/mol. The molecular formula is C23H18FN3O4. The molecule has 4 aromatic rings. The molecule has 0 spiro atoms. The van der Waals surface area contributed by atoms with E-state index in [4.69, 9.17) is 14.0 Å². The number of nitrogens with zero attached hydrogens (tertiary/aromatic N) is 2. The van der Waals surface area contributed by atoms with Gasteiger partial charge in [-0.2, -0.15) is 0 Å². The topological polar surface area (TPSA) is 86.5 Å². The van der Waals surface area contributed by atoms with E-state index in [0.29, 0.717) is 23.8 Å². The zero-order valence-electron chi connectivity index (χ0n) is 16.5. The number of hydrogen-bond acceptors (Lipinski definition) is 6. The van der Waals surface area contributed by atoms with Crippen molar-refractivity contribution in [3.05, 3.63) is 90.1 Å². The Morgan fingerprint density at radius 3 is 2.65 bits per heavy atom. The van der Waals surface area contributed by atoms with Crippen molar-refractivity contribution >= 4 is 11.6 Å². The van der Waals surface area contributed by atoms with Gasteiger partial charge in [0.1, 0.15) is 12.4 Å². The number of aromatic nitrogens is 2. The van der Waals surface area contributed by atoms with Crippen LogP contribution >= 0.6 is 0 Å². The molecule has 2 heterocycles. The van der Waals surface area contributed by atoms with Crippen molar-refractivity contribution in [2.75, 3.05) is 12.4 Å². The highest BCUT2D eigenvalue weighted by molar-refractivity contribution is 6.03. The van der Waals surface area contributed by atoms with Gasteiger partial charge in [0, 0.05) is 30.2 Å². The maximum atomic E-state index is 13.9. The molecule has 156 valence electrons. The molecule has 4 rings (SSSR count). The molecule has 0 aliphatic carbocycles. The molecule has 2 aromatic heterocycles. The van der Waals surface area contributed by atoms with Gasteiger partial charge in [-0.1, -0.05) is 17.3 Å². The molecule has 1 amide bonds. The second-order valence-corrected chi connectivity index (χ2v) is 6.52. The van der Waals surface area contributed by atoms with Crippen molar-refractivity contribution in [1.82, 2.24) is 10.1 Å². The third-order valence-electron chi connectivity index (χ3n) is 4.45. The molecule has 0 fully saturated rings. The predicted molar refractivity (Wildman–Crippen MR) is 111 cm³/mol. The maximum Gasteiger partial charge on any atom is 0.277 e. The second kappa shape index (κ2) is 9.08. The van der Waals surface area contributed by atoms with Gasteiger partial charge in [0.15, 0.2) is 23.0 Å². The van der Waals surface area contributed by atoms with E-state index >= 15 is 0 Å². The lowest BCUT2D eigenvalue weighted by atomic mass is 10.1. The highest BCUT2D eigenvalue weighted by Gasteiger charge is 2.17. The Balaban J connectivity index is 1.49. The molecule has 2 aromatic carbocycles. The molecule has 0 aliphatic rings. The summed E-state index contributed by atoms with van der Waals surface area (Å²) < 4.78 is 30.2. The summed E-state index contributed by atoms with van der Waals surface area (Å²) in [6, 6.07) is 16.2. The van der Waals surface area contributed by atoms with E-state index in [2.05, 4.69) is 15.5 Å². The molecule has 1 N–H and O–H groups in total. The molecule has 0 atom stereocenters. The zero-order valence-corrected chi connectivity index (χ0v) is 16.5. The van der Waals surface area contributed by atoms with Crippen LogP contribution in [0.3, 0.4) is 0 Å². The lowest BCUT2D eigenvalue weighted by Gasteiger charge is -2.12. The maximum absolute atomic E-state index is 13.9. The fourth-order valence-electron chi connectivity index (χ4n) is 2.87. The van der Waals surface area contributed by atoms with Gasteiger partial charge in [-0.25, -0.2) is 4.39 Å². The van der Waals surface area contributed by atoms with Gasteiger partial charge >= 0.3 is 0 Å². The number of nitrogens with one attached hydrogen (secondary N) is 1. The number of carbonyl (C=O) groups is 1. The molecule has 0 radical (unpaired) electrons. The largest absolute Gasteiger partial charge is 0.493 e. The standard InChI is InChI=1S/C23H18FN3O4/c1-29-20-7-6-16(12-22(20)30-14-15-8-10-25-11-9-15)26-23(28)19-13-21(31-27-19)17-4-2-3-5-18(17)24/h2-13H,14H2,1H3,(H,26,28). The van der Waals surface area contributed by atoms with Crippen LogP contribution in [0.25, 0.3) is 11.3 Å². The van der Waals surface area contributed by atoms with Gasteiger partial charge in [-0.15, -0.1) is 0 Å². The van der Waals surface area contributed by atoms with Gasteiger partial charge in [0.25, 0.3) is 5.91 Å². The van der Waals surface area contributed by atoms with Crippen LogP contribution in [0.1, 0.15) is 16.1 Å². The smallest absolute Gasteiger partial charge is 0.277 e. The Bertz CT molecular complexity index is 1190. The van der Waals surface area contributed by atoms with Crippen LogP contribution in [0.4, 0.5) is 10.1 Å². The summed E-state index contributed by atoms with van der Waals surface area (Å²) in [5.74, 6) is 0.187. The molecule has 0 saturated heterocycles. The normalized spacial score (nSPS) is 10.5. The van der Waals surface area contributed by atoms with E-state index in [-0.39, 0.29) is 17.0 Å². The van der Waals surface area contributed by atoms with E-state index in [1.807, 2.05) is 12.1 Å². The summed E-state index contributed by atoms with van der Waals surface area (Å²) in [6.07, 6.45) is 3.36. The number of halogens is 1. The van der Waals surface area contributed by atoms with Crippen molar-refractivity contribution in [2.24, 2.45) is 0 Å². The van der Waals surface area contributed by atoms with Crippen LogP contribution in [0.15, 0.2) is 77.6 Å². The van der Waals surface area contributed by atoms with E-state index < -0.39 is 11.7 Å². The quantitative estimate of drug-likeness (QED) is 0.467. The van der Waals surface area contributed by atoms with Crippen LogP contribution < -0.4 is 14.8 Å². The minimum absolute atomic E-state index is 0.0216. The van der Waals surface area contributed by atoms with Crippen molar-refractivity contribution in [1.29, 1.82) is 0 Å². The van der Waals surface area contributed by atoms with E-state index in [1.165, 1.54) is 19.2 Å². The van der Waals surface area contributed by atoms with Crippen molar-refractivity contribution in [3.63, 3.8) is 0 Å². The molecule has 0 bridgehead atoms. The van der Waals surface area contributed by atoms with Gasteiger partial charge in [0.2, 0.25) is 0 Å². The first-order valence-corrected chi connectivity index (χ1v) is 9.37. The second-order valence-electron chi connectivity index (χ2n) is 6.52. The summed E-state index contributed by atoms with van der Waals surface area (Å²) in [5, 5.41) is 6.47. The fourth-order valence-corrected chi connectivity index (χ4v) is 2.87. The number of anilines is 1. The van der Waals surface area contributed by atoms with Crippen LogP contribution in [0, 0.1) is 5.82 Å². The zero-order chi connectivity index (χ0) is 21.6. The van der Waals surface area contributed by atoms with Crippen molar-refractivity contribution in [2.45, 2.75) is 6.61 Å². The minimum atomic E-state index is -0.503. The third kappa shape index (κ3) is 4.69. The first kappa shape index (κ1) is 20.1. The van der Waals surface area contributed by atoms with E-state index in [0.717, 1.165) is 5.56 Å². The summed E-state index contributed by atoms with van der Waals surface area (Å²) in [5.41, 5.74) is 1.67. The minimum Gasteiger partial charge on any atom is -0.493 e. The predicted octanol–water partition coefficient (Wildman–Crippen LogP) is 4.72. The first-order chi connectivity index (χ1) is 15.1. The van der Waals surface area contributed by atoms with Crippen LogP contribution in [-0.4, -0.2) is 23.2 Å². The lowest BCUT2D eigenvalue weighted by molar-refractivity contribution is 0.101. The SMILES string of the molecule is COc1ccc(NC(=O)c2cc(-c3ccccc3F)on2)cc1OCc1ccncc1. The Morgan fingerprint density at radius 1 is 1.06 bits per heavy atom.